The number of unbranched alkanes of at least 4 members (excludes halogenated alkanes) is 1. The van der Waals surface area contributed by atoms with E-state index in [-0.39, 0.29) is 23.4 Å². The van der Waals surface area contributed by atoms with E-state index in [1.54, 1.807) is 72.7 Å². The Morgan fingerprint density at radius 3 is 2.43 bits per heavy atom. The Balaban J connectivity index is 1.66. The summed E-state index contributed by atoms with van der Waals surface area (Å²) in [6, 6.07) is 12.6. The normalized spacial score (nSPS) is 20.6. The lowest BCUT2D eigenvalue weighted by atomic mass is 9.92. The van der Waals surface area contributed by atoms with Crippen LogP contribution in [-0.4, -0.2) is 92.4 Å². The summed E-state index contributed by atoms with van der Waals surface area (Å²) in [6.45, 7) is 13.5. The molecule has 2 amide bonds. The van der Waals surface area contributed by atoms with Gasteiger partial charge in [0.05, 0.1) is 12.1 Å². The highest BCUT2D eigenvalue weighted by atomic mass is 16.6. The summed E-state index contributed by atoms with van der Waals surface area (Å²) in [4.78, 5) is 56.7. The van der Waals surface area contributed by atoms with Crippen LogP contribution in [0.15, 0.2) is 48.8 Å². The van der Waals surface area contributed by atoms with Gasteiger partial charge in [-0.05, 0) is 64.7 Å². The highest BCUT2D eigenvalue weighted by Crippen LogP contribution is 2.42. The van der Waals surface area contributed by atoms with Gasteiger partial charge in [0.1, 0.15) is 54.0 Å². The van der Waals surface area contributed by atoms with E-state index in [1.807, 2.05) is 19.1 Å². The highest BCUT2D eigenvalue weighted by molar-refractivity contribution is 5.98. The third-order valence-corrected chi connectivity index (χ3v) is 8.61. The summed E-state index contributed by atoms with van der Waals surface area (Å²) in [5, 5.41) is 32.2. The number of fused-ring (bicyclic) bond motifs is 1. The molecule has 0 radical (unpaired) electrons. The first kappa shape index (κ1) is 41.6. The standard InChI is InChI=1S/C38H50N6O10/c1-9-10-18-51-37(7,8)34(48)43-32-25-16-17-27(44(25)41-22-40-32)38(21-39)31(46)30(26(53-38)20-50-28(45)19-24-14-12-11-13-15-24)52-33(47)29(23(2)3)42-35(49)54-36(4,5)6/h11-17,22-23,26,29-31,46H,9-10,18-20H2,1-8H3,(H,42,49)(H,40,41,43,48)/t26-,29-,30-,31-,38+/m1/s1. The van der Waals surface area contributed by atoms with Gasteiger partial charge in [0.25, 0.3) is 5.91 Å². The molecule has 54 heavy (non-hydrogen) atoms. The number of ether oxygens (including phenoxy) is 5. The molecule has 1 saturated heterocycles. The molecule has 3 aromatic rings. The van der Waals surface area contributed by atoms with Crippen molar-refractivity contribution in [2.24, 2.45) is 5.92 Å². The molecule has 2 aromatic heterocycles. The van der Waals surface area contributed by atoms with Crippen LogP contribution in [0.3, 0.4) is 0 Å². The van der Waals surface area contributed by atoms with Crippen LogP contribution < -0.4 is 10.6 Å². The van der Waals surface area contributed by atoms with Gasteiger partial charge in [-0.15, -0.1) is 0 Å². The minimum atomic E-state index is -2.24. The highest BCUT2D eigenvalue weighted by Gasteiger charge is 2.60. The molecular formula is C38H50N6O10. The van der Waals surface area contributed by atoms with Crippen molar-refractivity contribution >= 4 is 35.3 Å². The number of anilines is 1. The van der Waals surface area contributed by atoms with Crippen molar-refractivity contribution in [1.29, 1.82) is 5.26 Å². The molecule has 1 aliphatic heterocycles. The smallest absolute Gasteiger partial charge is 0.408 e. The van der Waals surface area contributed by atoms with E-state index in [2.05, 4.69) is 20.7 Å². The summed E-state index contributed by atoms with van der Waals surface area (Å²) < 4.78 is 30.0. The average Bonchev–Trinajstić information content (AvgIpc) is 3.65. The van der Waals surface area contributed by atoms with Crippen LogP contribution in [0.4, 0.5) is 10.6 Å². The number of amides is 2. The molecular weight excluding hydrogens is 700 g/mol. The van der Waals surface area contributed by atoms with Crippen molar-refractivity contribution in [1.82, 2.24) is 19.9 Å². The van der Waals surface area contributed by atoms with Crippen molar-refractivity contribution in [3.63, 3.8) is 0 Å². The second kappa shape index (κ2) is 17.4. The minimum Gasteiger partial charge on any atom is -0.463 e. The zero-order chi connectivity index (χ0) is 39.8. The minimum absolute atomic E-state index is 0.00954. The van der Waals surface area contributed by atoms with E-state index in [0.717, 1.165) is 19.2 Å². The molecule has 0 unspecified atom stereocenters. The summed E-state index contributed by atoms with van der Waals surface area (Å²) in [6.07, 6.45) is -2.91. The Bertz CT molecular complexity index is 1830. The molecule has 16 heteroatoms. The number of carbonyl (C=O) groups excluding carboxylic acids is 4. The molecule has 0 spiro atoms. The number of esters is 2. The molecule has 292 valence electrons. The van der Waals surface area contributed by atoms with Crippen LogP contribution in [0.25, 0.3) is 5.52 Å². The molecule has 0 bridgehead atoms. The third kappa shape index (κ3) is 9.90. The quantitative estimate of drug-likeness (QED) is 0.114. The van der Waals surface area contributed by atoms with E-state index in [0.29, 0.717) is 12.2 Å². The first-order valence-corrected chi connectivity index (χ1v) is 17.9. The van der Waals surface area contributed by atoms with Crippen molar-refractivity contribution in [2.45, 2.75) is 116 Å². The summed E-state index contributed by atoms with van der Waals surface area (Å²) in [7, 11) is 0. The lowest BCUT2D eigenvalue weighted by Gasteiger charge is -2.28. The maximum absolute atomic E-state index is 13.7. The van der Waals surface area contributed by atoms with Gasteiger partial charge in [-0.25, -0.2) is 19.1 Å². The van der Waals surface area contributed by atoms with Crippen molar-refractivity contribution in [3.8, 4) is 6.07 Å². The number of aliphatic hydroxyl groups is 1. The van der Waals surface area contributed by atoms with Gasteiger partial charge < -0.3 is 39.4 Å². The summed E-state index contributed by atoms with van der Waals surface area (Å²) in [5.74, 6) is -2.45. The second-order valence-electron chi connectivity index (χ2n) is 14.9. The fourth-order valence-corrected chi connectivity index (χ4v) is 5.68. The number of carbonyl (C=O) groups is 4. The van der Waals surface area contributed by atoms with Gasteiger partial charge in [0.15, 0.2) is 11.9 Å². The van der Waals surface area contributed by atoms with E-state index < -0.39 is 77.6 Å². The molecule has 1 aromatic carbocycles. The number of rotatable bonds is 15. The van der Waals surface area contributed by atoms with Crippen molar-refractivity contribution in [2.75, 3.05) is 18.5 Å². The molecule has 1 aliphatic rings. The lowest BCUT2D eigenvalue weighted by Crippen LogP contribution is -2.50. The van der Waals surface area contributed by atoms with E-state index in [1.165, 1.54) is 16.6 Å². The van der Waals surface area contributed by atoms with Crippen LogP contribution in [0, 0.1) is 17.2 Å². The number of nitrogens with zero attached hydrogens (tertiary/aromatic N) is 4. The average molecular weight is 751 g/mol. The van der Waals surface area contributed by atoms with Crippen molar-refractivity contribution < 1.29 is 48.0 Å². The molecule has 1 fully saturated rings. The Morgan fingerprint density at radius 2 is 1.80 bits per heavy atom. The topological polar surface area (TPSA) is 213 Å². The molecule has 4 rings (SSSR count). The SMILES string of the molecule is CCCCOC(C)(C)C(=O)Nc1ncnn2c([C@]3(C#N)O[C@H](COC(=O)Cc4ccccc4)[C@@H](OC(=O)[C@H](NC(=O)OC(C)(C)C)C(C)C)[C@H]3O)ccc12. The van der Waals surface area contributed by atoms with Crippen LogP contribution in [0.2, 0.25) is 0 Å². The molecule has 5 atom stereocenters. The first-order chi connectivity index (χ1) is 25.4. The number of benzene rings is 1. The Hall–Kier alpha value is -5.11. The van der Waals surface area contributed by atoms with E-state index >= 15 is 0 Å². The van der Waals surface area contributed by atoms with Crippen LogP contribution in [0.1, 0.15) is 79.5 Å². The van der Waals surface area contributed by atoms with Gasteiger partial charge in [0.2, 0.25) is 5.60 Å². The molecule has 16 nitrogen and oxygen atoms in total. The Morgan fingerprint density at radius 1 is 1.09 bits per heavy atom. The Labute approximate surface area is 314 Å². The Kier molecular flexibility index (Phi) is 13.4. The van der Waals surface area contributed by atoms with Gasteiger partial charge in [0, 0.05) is 6.61 Å². The van der Waals surface area contributed by atoms with Gasteiger partial charge >= 0.3 is 18.0 Å². The first-order valence-electron chi connectivity index (χ1n) is 17.9. The maximum Gasteiger partial charge on any atom is 0.408 e. The van der Waals surface area contributed by atoms with E-state index in [9.17, 15) is 29.5 Å². The molecule has 0 saturated carbocycles. The fraction of sp³-hybridized carbons (Fsp3) is 0.553. The monoisotopic (exact) mass is 750 g/mol. The van der Waals surface area contributed by atoms with E-state index in [4.69, 9.17) is 23.7 Å². The summed E-state index contributed by atoms with van der Waals surface area (Å²) >= 11 is 0. The molecule has 3 N–H and O–H groups in total. The lowest BCUT2D eigenvalue weighted by molar-refractivity contribution is -0.163. The van der Waals surface area contributed by atoms with Gasteiger partial charge in [-0.1, -0.05) is 57.5 Å². The fourth-order valence-electron chi connectivity index (χ4n) is 5.68. The number of alkyl carbamates (subject to hydrolysis) is 1. The number of nitriles is 1. The third-order valence-electron chi connectivity index (χ3n) is 8.61. The molecule has 0 aliphatic carbocycles. The second-order valence-corrected chi connectivity index (χ2v) is 14.9. The summed E-state index contributed by atoms with van der Waals surface area (Å²) in [5.41, 5.74) is -3.33. The van der Waals surface area contributed by atoms with Crippen LogP contribution >= 0.6 is 0 Å². The maximum atomic E-state index is 13.7. The van der Waals surface area contributed by atoms with Crippen molar-refractivity contribution in [3.05, 3.63) is 60.0 Å². The predicted octanol–water partition coefficient (Wildman–Crippen LogP) is 3.99. The molecule has 3 heterocycles. The number of aromatic nitrogens is 3. The van der Waals surface area contributed by atoms with Crippen LogP contribution in [-0.2, 0) is 50.1 Å². The zero-order valence-electron chi connectivity index (χ0n) is 32.0. The van der Waals surface area contributed by atoms with Gasteiger partial charge in [-0.3, -0.25) is 9.59 Å². The van der Waals surface area contributed by atoms with Crippen LogP contribution in [0.5, 0.6) is 0 Å². The predicted molar refractivity (Wildman–Crippen MR) is 194 cm³/mol. The number of aliphatic hydroxyl groups excluding tert-OH is 1. The number of hydrogen-bond acceptors (Lipinski definition) is 13. The van der Waals surface area contributed by atoms with Gasteiger partial charge in [-0.2, -0.15) is 10.4 Å². The number of nitrogens with one attached hydrogen (secondary N) is 2. The zero-order valence-corrected chi connectivity index (χ0v) is 32.0. The number of hydrogen-bond donors (Lipinski definition) is 3. The largest absolute Gasteiger partial charge is 0.463 e.